The number of amides is 1. The molecule has 2 aromatic heterocycles. The third-order valence-electron chi connectivity index (χ3n) is 9.48. The number of hydrogen-bond acceptors (Lipinski definition) is 12. The second-order valence-electron chi connectivity index (χ2n) is 13.3. The number of aliphatic carboxylic acids is 1. The number of carboxylic acid groups (broad SMARTS) is 1. The van der Waals surface area contributed by atoms with E-state index >= 15 is 0 Å². The average Bonchev–Trinajstić information content (AvgIpc) is 3.79. The number of carboxylic acids is 1. The summed E-state index contributed by atoms with van der Waals surface area (Å²) in [4.78, 5) is 61.4. The van der Waals surface area contributed by atoms with Gasteiger partial charge in [0.2, 0.25) is 11.9 Å². The smallest absolute Gasteiger partial charge is 0.306 e. The van der Waals surface area contributed by atoms with Crippen LogP contribution in [-0.2, 0) is 38.9 Å². The summed E-state index contributed by atoms with van der Waals surface area (Å²) in [6.07, 6.45) is -3.82. The first kappa shape index (κ1) is 39.6. The van der Waals surface area contributed by atoms with E-state index in [1.807, 2.05) is 78.9 Å². The first-order valence-electron chi connectivity index (χ1n) is 17.8. The highest BCUT2D eigenvalue weighted by Gasteiger charge is 2.50. The van der Waals surface area contributed by atoms with Gasteiger partial charge in [-0.2, -0.15) is 4.98 Å². The van der Waals surface area contributed by atoms with Crippen LogP contribution in [0.25, 0.3) is 11.2 Å². The number of esters is 1. The fourth-order valence-corrected chi connectivity index (χ4v) is 6.59. The van der Waals surface area contributed by atoms with Crippen LogP contribution in [0.3, 0.4) is 0 Å². The molecule has 294 valence electrons. The standard InChI is InChI=1S/C40H43N5O11/c1-23(2)36(49)43-39-42-35-32(37(50)44-39)41-22-45(35)38-34(53-5)33(56-31(48)20-19-30(46)47)29(55-38)21-54-40(24-9-7-6-8-10-24,25-11-15-27(51-3)16-12-25)26-13-17-28(52-4)18-14-26/h6-18,22-23,29,33-34,38H,19-21H2,1-5H3,(H,46,47)(H2,42,43,44,49,50). The topological polar surface area (TPSA) is 202 Å². The fourth-order valence-electron chi connectivity index (χ4n) is 6.59. The van der Waals surface area contributed by atoms with E-state index in [-0.39, 0.29) is 29.6 Å². The second-order valence-corrected chi connectivity index (χ2v) is 13.3. The Kier molecular flexibility index (Phi) is 12.1. The molecule has 3 N–H and O–H groups in total. The molecule has 56 heavy (non-hydrogen) atoms. The Morgan fingerprint density at radius 2 is 1.50 bits per heavy atom. The van der Waals surface area contributed by atoms with Crippen LogP contribution in [0.4, 0.5) is 5.95 Å². The Morgan fingerprint density at radius 3 is 2.05 bits per heavy atom. The number of anilines is 1. The van der Waals surface area contributed by atoms with Gasteiger partial charge in [-0.15, -0.1) is 0 Å². The minimum absolute atomic E-state index is 0.0391. The van der Waals surface area contributed by atoms with Gasteiger partial charge in [-0.05, 0) is 41.0 Å². The molecule has 4 unspecified atom stereocenters. The van der Waals surface area contributed by atoms with Gasteiger partial charge in [0, 0.05) is 13.0 Å². The third kappa shape index (κ3) is 8.12. The van der Waals surface area contributed by atoms with Gasteiger partial charge in [-0.3, -0.25) is 34.0 Å². The van der Waals surface area contributed by atoms with Crippen LogP contribution in [0.1, 0.15) is 49.6 Å². The lowest BCUT2D eigenvalue weighted by Crippen LogP contribution is -2.42. The highest BCUT2D eigenvalue weighted by Crippen LogP contribution is 2.43. The average molecular weight is 770 g/mol. The zero-order chi connectivity index (χ0) is 40.0. The Hall–Kier alpha value is -6.10. The van der Waals surface area contributed by atoms with E-state index in [1.54, 1.807) is 28.1 Å². The Labute approximate surface area is 321 Å². The molecule has 3 aromatic carbocycles. The second kappa shape index (κ2) is 17.1. The summed E-state index contributed by atoms with van der Waals surface area (Å²) in [7, 11) is 4.56. The molecule has 4 atom stereocenters. The van der Waals surface area contributed by atoms with E-state index in [2.05, 4.69) is 20.3 Å². The molecule has 1 fully saturated rings. The van der Waals surface area contributed by atoms with Gasteiger partial charge in [0.15, 0.2) is 23.5 Å². The van der Waals surface area contributed by atoms with E-state index in [9.17, 15) is 24.3 Å². The van der Waals surface area contributed by atoms with Crippen molar-refractivity contribution < 1.29 is 47.9 Å². The number of nitrogens with zero attached hydrogens (tertiary/aromatic N) is 3. The number of hydrogen-bond donors (Lipinski definition) is 3. The normalized spacial score (nSPS) is 18.2. The molecule has 16 heteroatoms. The van der Waals surface area contributed by atoms with Crippen LogP contribution in [0, 0.1) is 5.92 Å². The number of aromatic amines is 1. The van der Waals surface area contributed by atoms with Crippen LogP contribution in [-0.4, -0.2) is 88.7 Å². The Balaban J connectivity index is 1.44. The summed E-state index contributed by atoms with van der Waals surface area (Å²) in [5.41, 5.74) is 0.383. The summed E-state index contributed by atoms with van der Waals surface area (Å²) in [5, 5.41) is 11.9. The lowest BCUT2D eigenvalue weighted by atomic mass is 9.80. The molecule has 0 saturated carbocycles. The van der Waals surface area contributed by atoms with Gasteiger partial charge in [-0.25, -0.2) is 4.98 Å². The number of benzene rings is 3. The molecule has 1 aliphatic rings. The molecule has 6 rings (SSSR count). The molecule has 3 heterocycles. The molecular weight excluding hydrogens is 726 g/mol. The summed E-state index contributed by atoms with van der Waals surface area (Å²) in [6, 6.07) is 24.4. The van der Waals surface area contributed by atoms with Crippen LogP contribution in [0.5, 0.6) is 11.5 Å². The van der Waals surface area contributed by atoms with Crippen LogP contribution in [0.2, 0.25) is 0 Å². The van der Waals surface area contributed by atoms with Crippen LogP contribution >= 0.6 is 0 Å². The number of carbonyl (C=O) groups excluding carboxylic acids is 2. The molecule has 5 aromatic rings. The van der Waals surface area contributed by atoms with Crippen molar-refractivity contribution in [1.82, 2.24) is 19.5 Å². The van der Waals surface area contributed by atoms with E-state index < -0.39 is 66.4 Å². The number of ether oxygens (including phenoxy) is 6. The van der Waals surface area contributed by atoms with Crippen molar-refractivity contribution in [3.05, 3.63) is 112 Å². The number of methoxy groups -OCH3 is 3. The predicted octanol–water partition coefficient (Wildman–Crippen LogP) is 4.43. The molecule has 16 nitrogen and oxygen atoms in total. The largest absolute Gasteiger partial charge is 0.497 e. The summed E-state index contributed by atoms with van der Waals surface area (Å²) < 4.78 is 38.0. The van der Waals surface area contributed by atoms with Crippen molar-refractivity contribution in [2.75, 3.05) is 33.3 Å². The summed E-state index contributed by atoms with van der Waals surface area (Å²) >= 11 is 0. The van der Waals surface area contributed by atoms with E-state index in [0.29, 0.717) is 11.5 Å². The first-order chi connectivity index (χ1) is 27.0. The van der Waals surface area contributed by atoms with Gasteiger partial charge < -0.3 is 33.5 Å². The zero-order valence-corrected chi connectivity index (χ0v) is 31.5. The quantitative estimate of drug-likeness (QED) is 0.0941. The molecular formula is C40H43N5O11. The van der Waals surface area contributed by atoms with Crippen molar-refractivity contribution in [2.24, 2.45) is 5.92 Å². The highest BCUT2D eigenvalue weighted by molar-refractivity contribution is 5.91. The maximum atomic E-state index is 13.2. The fraction of sp³-hybridized carbons (Fsp3) is 0.350. The lowest BCUT2D eigenvalue weighted by molar-refractivity contribution is -0.161. The van der Waals surface area contributed by atoms with Crippen molar-refractivity contribution >= 4 is 35.0 Å². The third-order valence-corrected chi connectivity index (χ3v) is 9.48. The van der Waals surface area contributed by atoms with Crippen molar-refractivity contribution in [2.45, 2.75) is 56.8 Å². The maximum Gasteiger partial charge on any atom is 0.306 e. The van der Waals surface area contributed by atoms with E-state index in [0.717, 1.165) is 16.7 Å². The lowest BCUT2D eigenvalue weighted by Gasteiger charge is -2.37. The number of aromatic nitrogens is 4. The zero-order valence-electron chi connectivity index (χ0n) is 31.5. The SMILES string of the molecule is COc1ccc(C(OCC2OC(n3cnc4c(=O)[nH]c(NC(=O)C(C)C)nc43)C(OC)C2OC(=O)CCC(=O)O)(c2ccccc2)c2ccc(OC)cc2)cc1. The molecule has 0 aliphatic carbocycles. The molecule has 1 saturated heterocycles. The van der Waals surface area contributed by atoms with Crippen molar-refractivity contribution in [1.29, 1.82) is 0 Å². The number of fused-ring (bicyclic) bond motifs is 1. The predicted molar refractivity (Wildman–Crippen MR) is 201 cm³/mol. The number of nitrogens with one attached hydrogen (secondary N) is 2. The minimum atomic E-state index is -1.28. The van der Waals surface area contributed by atoms with Crippen LogP contribution < -0.4 is 20.3 Å². The van der Waals surface area contributed by atoms with Gasteiger partial charge >= 0.3 is 11.9 Å². The van der Waals surface area contributed by atoms with Gasteiger partial charge in [0.25, 0.3) is 5.56 Å². The maximum absolute atomic E-state index is 13.2. The molecule has 1 aliphatic heterocycles. The summed E-state index contributed by atoms with van der Waals surface area (Å²) in [5.74, 6) is -1.56. The Morgan fingerprint density at radius 1 is 0.893 bits per heavy atom. The molecule has 0 bridgehead atoms. The molecule has 0 radical (unpaired) electrons. The van der Waals surface area contributed by atoms with E-state index in [4.69, 9.17) is 28.4 Å². The Bertz CT molecular complexity index is 2160. The van der Waals surface area contributed by atoms with Gasteiger partial charge in [-0.1, -0.05) is 68.4 Å². The summed E-state index contributed by atoms with van der Waals surface area (Å²) in [6.45, 7) is 3.19. The molecule has 1 amide bonds. The monoisotopic (exact) mass is 769 g/mol. The van der Waals surface area contributed by atoms with Crippen molar-refractivity contribution in [3.63, 3.8) is 0 Å². The van der Waals surface area contributed by atoms with Crippen molar-refractivity contribution in [3.8, 4) is 11.5 Å². The van der Waals surface area contributed by atoms with Crippen LogP contribution in [0.15, 0.2) is 90.0 Å². The number of carbonyl (C=O) groups is 3. The van der Waals surface area contributed by atoms with Gasteiger partial charge in [0.05, 0.1) is 40.0 Å². The van der Waals surface area contributed by atoms with Gasteiger partial charge in [0.1, 0.15) is 29.3 Å². The van der Waals surface area contributed by atoms with E-state index in [1.165, 1.54) is 18.0 Å². The number of rotatable bonds is 16. The first-order valence-corrected chi connectivity index (χ1v) is 17.8. The number of H-pyrrole nitrogens is 1. The highest BCUT2D eigenvalue weighted by atomic mass is 16.6. The molecule has 0 spiro atoms. The minimum Gasteiger partial charge on any atom is -0.497 e. The number of imidazole rings is 1.